The highest BCUT2D eigenvalue weighted by Gasteiger charge is 2.47. The number of anilines is 1. The number of hydrogen-bond donors (Lipinski definition) is 0. The second-order valence-corrected chi connectivity index (χ2v) is 10.6. The van der Waals surface area contributed by atoms with Gasteiger partial charge in [-0.05, 0) is 36.8 Å². The number of rotatable bonds is 6. The van der Waals surface area contributed by atoms with Crippen LogP contribution in [0.5, 0.6) is 5.75 Å². The van der Waals surface area contributed by atoms with Crippen LogP contribution in [0.25, 0.3) is 0 Å². The van der Waals surface area contributed by atoms with Gasteiger partial charge in [0, 0.05) is 11.4 Å². The molecule has 2 aliphatic heterocycles. The minimum Gasteiger partial charge on any atom is -0.494 e. The number of para-hydroxylation sites is 1. The molecule has 0 saturated carbocycles. The molecule has 0 radical (unpaired) electrons. The molecule has 2 atom stereocenters. The molecule has 2 aromatic rings. The maximum Gasteiger partial charge on any atom is 0.164 e. The second-order valence-electron chi connectivity index (χ2n) is 6.96. The molecule has 0 aliphatic carbocycles. The van der Waals surface area contributed by atoms with Crippen molar-refractivity contribution in [3.05, 3.63) is 59.4 Å². The summed E-state index contributed by atoms with van der Waals surface area (Å²) >= 11 is 7.51. The fourth-order valence-electron chi connectivity index (χ4n) is 3.50. The maximum absolute atomic E-state index is 13.6. The Hall–Kier alpha value is -1.77. The molecule has 2 heterocycles. The first kappa shape index (κ1) is 20.5. The summed E-state index contributed by atoms with van der Waals surface area (Å²) in [7, 11) is -3.13. The number of amidine groups is 1. The van der Waals surface area contributed by atoms with Crippen LogP contribution in [0, 0.1) is 5.82 Å². The Morgan fingerprint density at radius 3 is 2.76 bits per heavy atom. The summed E-state index contributed by atoms with van der Waals surface area (Å²) in [6.45, 7) is 0.577. The first-order valence-corrected chi connectivity index (χ1v) is 12.4. The molecule has 0 bridgehead atoms. The maximum atomic E-state index is 13.6. The number of hydrogen-bond acceptors (Lipinski definition) is 6. The smallest absolute Gasteiger partial charge is 0.164 e. The lowest BCUT2D eigenvalue weighted by Gasteiger charge is -2.26. The van der Waals surface area contributed by atoms with E-state index < -0.39 is 15.7 Å². The van der Waals surface area contributed by atoms with Crippen LogP contribution in [0.2, 0.25) is 5.02 Å². The van der Waals surface area contributed by atoms with Gasteiger partial charge in [-0.3, -0.25) is 4.99 Å². The molecule has 2 aliphatic rings. The molecule has 9 heteroatoms. The van der Waals surface area contributed by atoms with E-state index in [0.29, 0.717) is 12.3 Å². The molecule has 5 nitrogen and oxygen atoms in total. The summed E-state index contributed by atoms with van der Waals surface area (Å²) in [6.07, 6.45) is 0.810. The lowest BCUT2D eigenvalue weighted by Crippen LogP contribution is -2.39. The summed E-state index contributed by atoms with van der Waals surface area (Å²) in [5.74, 6) is 1.18. The SMILES string of the molecule is O=S1(=O)C[C@@H]2N=C(SCCCOc3ccccc3)N(c3ccc(F)c(Cl)c3)[C@@H]2C1. The number of ether oxygens (including phenoxy) is 1. The molecule has 2 aromatic carbocycles. The number of sulfone groups is 1. The highest BCUT2D eigenvalue weighted by molar-refractivity contribution is 8.14. The molecule has 0 spiro atoms. The van der Waals surface area contributed by atoms with E-state index in [4.69, 9.17) is 16.3 Å². The van der Waals surface area contributed by atoms with Crippen molar-refractivity contribution >= 4 is 44.1 Å². The first-order chi connectivity index (χ1) is 13.9. The first-order valence-electron chi connectivity index (χ1n) is 9.26. The number of thioether (sulfide) groups is 1. The molecule has 0 N–H and O–H groups in total. The quantitative estimate of drug-likeness (QED) is 0.617. The highest BCUT2D eigenvalue weighted by atomic mass is 35.5. The van der Waals surface area contributed by atoms with Crippen molar-refractivity contribution in [2.24, 2.45) is 4.99 Å². The van der Waals surface area contributed by atoms with Crippen LogP contribution < -0.4 is 9.64 Å². The van der Waals surface area contributed by atoms with Crippen LogP contribution in [0.4, 0.5) is 10.1 Å². The lowest BCUT2D eigenvalue weighted by molar-refractivity contribution is 0.319. The van der Waals surface area contributed by atoms with Gasteiger partial charge in [0.15, 0.2) is 15.0 Å². The van der Waals surface area contributed by atoms with E-state index in [1.165, 1.54) is 12.1 Å². The van der Waals surface area contributed by atoms with Crippen molar-refractivity contribution in [1.82, 2.24) is 0 Å². The predicted octanol–water partition coefficient (Wildman–Crippen LogP) is 4.02. The zero-order valence-electron chi connectivity index (χ0n) is 15.5. The predicted molar refractivity (Wildman–Crippen MR) is 117 cm³/mol. The van der Waals surface area contributed by atoms with Gasteiger partial charge >= 0.3 is 0 Å². The fourth-order valence-corrected chi connectivity index (χ4v) is 6.55. The Balaban J connectivity index is 1.43. The zero-order valence-corrected chi connectivity index (χ0v) is 17.9. The van der Waals surface area contributed by atoms with Gasteiger partial charge in [0.1, 0.15) is 11.6 Å². The van der Waals surface area contributed by atoms with Gasteiger partial charge in [0.25, 0.3) is 0 Å². The molecule has 154 valence electrons. The van der Waals surface area contributed by atoms with Crippen molar-refractivity contribution in [2.75, 3.05) is 28.8 Å². The van der Waals surface area contributed by atoms with E-state index in [2.05, 4.69) is 4.99 Å². The van der Waals surface area contributed by atoms with Crippen molar-refractivity contribution < 1.29 is 17.5 Å². The number of aliphatic imine (C=N–C) groups is 1. The largest absolute Gasteiger partial charge is 0.494 e. The average Bonchev–Trinajstić information content (AvgIpc) is 3.15. The van der Waals surface area contributed by atoms with Crippen molar-refractivity contribution in [2.45, 2.75) is 18.5 Å². The summed E-state index contributed by atoms with van der Waals surface area (Å²) in [5.41, 5.74) is 0.660. The van der Waals surface area contributed by atoms with Crippen LogP contribution in [0.1, 0.15) is 6.42 Å². The lowest BCUT2D eigenvalue weighted by atomic mass is 10.1. The third kappa shape index (κ3) is 4.70. The van der Waals surface area contributed by atoms with Crippen LogP contribution in [-0.4, -0.2) is 49.5 Å². The summed E-state index contributed by atoms with van der Waals surface area (Å²) < 4.78 is 43.5. The van der Waals surface area contributed by atoms with Crippen LogP contribution >= 0.6 is 23.4 Å². The third-order valence-corrected chi connectivity index (χ3v) is 7.86. The number of fused-ring (bicyclic) bond motifs is 1. The topological polar surface area (TPSA) is 59.0 Å². The van der Waals surface area contributed by atoms with Crippen molar-refractivity contribution in [3.63, 3.8) is 0 Å². The second kappa shape index (κ2) is 8.53. The third-order valence-electron chi connectivity index (χ3n) is 4.82. The van der Waals surface area contributed by atoms with E-state index >= 15 is 0 Å². The van der Waals surface area contributed by atoms with Crippen molar-refractivity contribution in [1.29, 1.82) is 0 Å². The Kier molecular flexibility index (Phi) is 6.03. The molecule has 1 saturated heterocycles. The summed E-state index contributed by atoms with van der Waals surface area (Å²) in [5, 5.41) is 0.754. The van der Waals surface area contributed by atoms with Gasteiger partial charge in [0.2, 0.25) is 0 Å². The molecule has 0 aromatic heterocycles. The van der Waals surface area contributed by atoms with Gasteiger partial charge in [-0.25, -0.2) is 12.8 Å². The number of nitrogens with zero attached hydrogens (tertiary/aromatic N) is 2. The minimum absolute atomic E-state index is 0.00687. The normalized spacial score (nSPS) is 22.4. The number of halogens is 2. The average molecular weight is 455 g/mol. The van der Waals surface area contributed by atoms with Crippen LogP contribution in [-0.2, 0) is 9.84 Å². The van der Waals surface area contributed by atoms with Gasteiger partial charge in [-0.15, -0.1) is 0 Å². The van der Waals surface area contributed by atoms with Gasteiger partial charge in [-0.1, -0.05) is 41.6 Å². The Labute approximate surface area is 178 Å². The molecule has 1 fully saturated rings. The summed E-state index contributed by atoms with van der Waals surface area (Å²) in [4.78, 5) is 6.55. The van der Waals surface area contributed by atoms with Crippen molar-refractivity contribution in [3.8, 4) is 5.75 Å². The van der Waals surface area contributed by atoms with E-state index in [-0.39, 0.29) is 28.6 Å². The van der Waals surface area contributed by atoms with Gasteiger partial charge in [0.05, 0.1) is 35.2 Å². The van der Waals surface area contributed by atoms with Crippen LogP contribution in [0.3, 0.4) is 0 Å². The Morgan fingerprint density at radius 2 is 2.00 bits per heavy atom. The molecular weight excluding hydrogens is 435 g/mol. The molecule has 0 amide bonds. The zero-order chi connectivity index (χ0) is 20.4. The monoisotopic (exact) mass is 454 g/mol. The molecule has 29 heavy (non-hydrogen) atoms. The number of benzene rings is 2. The Morgan fingerprint density at radius 1 is 1.21 bits per heavy atom. The van der Waals surface area contributed by atoms with E-state index in [1.54, 1.807) is 17.8 Å². The van der Waals surface area contributed by atoms with E-state index in [0.717, 1.165) is 23.1 Å². The fraction of sp³-hybridized carbons (Fsp3) is 0.350. The minimum atomic E-state index is -3.13. The van der Waals surface area contributed by atoms with Crippen LogP contribution in [0.15, 0.2) is 53.5 Å². The summed E-state index contributed by atoms with van der Waals surface area (Å²) in [6, 6.07) is 13.5. The highest BCUT2D eigenvalue weighted by Crippen LogP contribution is 2.36. The van der Waals surface area contributed by atoms with E-state index in [9.17, 15) is 12.8 Å². The molecular formula is C20H20ClFN2O3S2. The van der Waals surface area contributed by atoms with Gasteiger partial charge < -0.3 is 9.64 Å². The molecule has 0 unspecified atom stereocenters. The molecule has 4 rings (SSSR count). The Bertz CT molecular complexity index is 1020. The van der Waals surface area contributed by atoms with E-state index in [1.807, 2.05) is 35.2 Å². The van der Waals surface area contributed by atoms with Gasteiger partial charge in [-0.2, -0.15) is 0 Å². The standard InChI is InChI=1S/C20H20ClFN2O3S2/c21-16-11-14(7-8-17(16)22)24-19-13-29(25,26)12-18(19)23-20(24)28-10-4-9-27-15-5-2-1-3-6-15/h1-3,5-8,11,18-19H,4,9-10,12-13H2/t18-,19+/m0/s1.